The van der Waals surface area contributed by atoms with Gasteiger partial charge in [-0.05, 0) is 42.9 Å². The second-order valence-electron chi connectivity index (χ2n) is 6.30. The highest BCUT2D eigenvalue weighted by Crippen LogP contribution is 2.39. The highest BCUT2D eigenvalue weighted by atomic mass is 35.5. The lowest BCUT2D eigenvalue weighted by atomic mass is 9.88. The third-order valence-electron chi connectivity index (χ3n) is 4.39. The number of hydrogen-bond acceptors (Lipinski definition) is 5. The summed E-state index contributed by atoms with van der Waals surface area (Å²) < 4.78 is 0. The van der Waals surface area contributed by atoms with E-state index in [1.165, 1.54) is 23.5 Å². The molecule has 1 aromatic carbocycles. The van der Waals surface area contributed by atoms with Crippen molar-refractivity contribution in [1.82, 2.24) is 0 Å². The van der Waals surface area contributed by atoms with E-state index in [4.69, 9.17) is 17.3 Å². The molecule has 2 aromatic rings. The van der Waals surface area contributed by atoms with Gasteiger partial charge in [-0.3, -0.25) is 19.7 Å². The van der Waals surface area contributed by atoms with E-state index in [1.807, 2.05) is 0 Å². The Morgan fingerprint density at radius 3 is 2.81 bits per heavy atom. The number of fused-ring (bicyclic) bond motifs is 1. The maximum absolute atomic E-state index is 12.5. The van der Waals surface area contributed by atoms with E-state index >= 15 is 0 Å². The molecule has 2 amide bonds. The molecule has 0 aliphatic heterocycles. The molecule has 7 nitrogen and oxygen atoms in total. The number of nitrogens with one attached hydrogen (secondary N) is 1. The van der Waals surface area contributed by atoms with Gasteiger partial charge in [0.1, 0.15) is 10.0 Å². The summed E-state index contributed by atoms with van der Waals surface area (Å²) in [5.74, 6) is -0.641. The highest BCUT2D eigenvalue weighted by Gasteiger charge is 2.27. The van der Waals surface area contributed by atoms with Gasteiger partial charge in [0.05, 0.1) is 10.5 Å². The Morgan fingerprint density at radius 2 is 2.15 bits per heavy atom. The number of nitrogens with zero attached hydrogens (tertiary/aromatic N) is 1. The van der Waals surface area contributed by atoms with Crippen LogP contribution in [0.15, 0.2) is 18.2 Å². The summed E-state index contributed by atoms with van der Waals surface area (Å²) in [7, 11) is 0. The molecular formula is C17H16ClN3O4S. The van der Waals surface area contributed by atoms with Crippen molar-refractivity contribution in [3.8, 4) is 0 Å². The van der Waals surface area contributed by atoms with Crippen molar-refractivity contribution in [2.75, 3.05) is 5.32 Å². The minimum absolute atomic E-state index is 0.0510. The van der Waals surface area contributed by atoms with Gasteiger partial charge in [-0.1, -0.05) is 18.5 Å². The van der Waals surface area contributed by atoms with Crippen molar-refractivity contribution < 1.29 is 14.5 Å². The molecule has 3 rings (SSSR count). The van der Waals surface area contributed by atoms with Crippen LogP contribution < -0.4 is 11.1 Å². The zero-order valence-electron chi connectivity index (χ0n) is 13.9. The van der Waals surface area contributed by atoms with Crippen LogP contribution in [0.5, 0.6) is 0 Å². The van der Waals surface area contributed by atoms with Crippen LogP contribution in [0.2, 0.25) is 5.02 Å². The van der Waals surface area contributed by atoms with Crippen molar-refractivity contribution in [3.05, 3.63) is 54.9 Å². The molecule has 3 N–H and O–H groups in total. The molecule has 0 saturated carbocycles. The maximum atomic E-state index is 12.5. The van der Waals surface area contributed by atoms with Crippen LogP contribution in [0.3, 0.4) is 0 Å². The Labute approximate surface area is 158 Å². The van der Waals surface area contributed by atoms with Crippen LogP contribution in [0.25, 0.3) is 0 Å². The summed E-state index contributed by atoms with van der Waals surface area (Å²) in [6.45, 7) is 2.14. The van der Waals surface area contributed by atoms with E-state index in [-0.39, 0.29) is 16.3 Å². The molecule has 0 spiro atoms. The van der Waals surface area contributed by atoms with E-state index in [1.54, 1.807) is 0 Å². The number of carbonyl (C=O) groups excluding carboxylic acids is 2. The van der Waals surface area contributed by atoms with Gasteiger partial charge in [-0.2, -0.15) is 0 Å². The quantitative estimate of drug-likeness (QED) is 0.607. The van der Waals surface area contributed by atoms with E-state index < -0.39 is 16.7 Å². The SMILES string of the molecule is C[C@H]1CCc2c(sc(NC(=O)c3ccc(Cl)c([N+](=O)[O-])c3)c2C(N)=O)C1. The summed E-state index contributed by atoms with van der Waals surface area (Å²) >= 11 is 7.11. The number of nitro benzene ring substituents is 1. The van der Waals surface area contributed by atoms with E-state index in [9.17, 15) is 19.7 Å². The minimum Gasteiger partial charge on any atom is -0.365 e. The molecule has 26 heavy (non-hydrogen) atoms. The molecule has 0 saturated heterocycles. The number of rotatable bonds is 4. The maximum Gasteiger partial charge on any atom is 0.288 e. The first-order valence-corrected chi connectivity index (χ1v) is 9.17. The van der Waals surface area contributed by atoms with Gasteiger partial charge in [0.2, 0.25) is 0 Å². The molecule has 1 aliphatic carbocycles. The van der Waals surface area contributed by atoms with Crippen LogP contribution in [0.1, 0.15) is 44.5 Å². The number of amides is 2. The van der Waals surface area contributed by atoms with Crippen LogP contribution in [-0.4, -0.2) is 16.7 Å². The molecule has 0 unspecified atom stereocenters. The van der Waals surface area contributed by atoms with Crippen molar-refractivity contribution in [2.45, 2.75) is 26.2 Å². The smallest absolute Gasteiger partial charge is 0.288 e. The molecule has 0 radical (unpaired) electrons. The summed E-state index contributed by atoms with van der Waals surface area (Å²) in [5.41, 5.74) is 6.49. The predicted octanol–water partition coefficient (Wildman–Crippen LogP) is 3.79. The number of nitro groups is 1. The van der Waals surface area contributed by atoms with Gasteiger partial charge in [0, 0.05) is 16.5 Å². The van der Waals surface area contributed by atoms with Crippen molar-refractivity contribution in [3.63, 3.8) is 0 Å². The fourth-order valence-electron chi connectivity index (χ4n) is 3.07. The van der Waals surface area contributed by atoms with Crippen molar-refractivity contribution in [2.24, 2.45) is 11.7 Å². The first kappa shape index (κ1) is 18.3. The molecule has 1 aromatic heterocycles. The Bertz CT molecular complexity index is 925. The summed E-state index contributed by atoms with van der Waals surface area (Å²) in [6, 6.07) is 3.80. The lowest BCUT2D eigenvalue weighted by molar-refractivity contribution is -0.384. The van der Waals surface area contributed by atoms with Crippen molar-refractivity contribution >= 4 is 45.4 Å². The second-order valence-corrected chi connectivity index (χ2v) is 7.81. The summed E-state index contributed by atoms with van der Waals surface area (Å²) in [5, 5.41) is 14.0. The number of nitrogens with two attached hydrogens (primary N) is 1. The van der Waals surface area contributed by atoms with Gasteiger partial charge in [0.15, 0.2) is 0 Å². The number of thiophene rings is 1. The third kappa shape index (κ3) is 3.42. The number of hydrogen-bond donors (Lipinski definition) is 2. The second kappa shape index (κ2) is 7.05. The van der Waals surface area contributed by atoms with E-state index in [0.717, 1.165) is 35.8 Å². The molecule has 0 bridgehead atoms. The lowest BCUT2D eigenvalue weighted by Crippen LogP contribution is -2.19. The lowest BCUT2D eigenvalue weighted by Gasteiger charge is -2.18. The molecule has 9 heteroatoms. The number of benzene rings is 1. The summed E-state index contributed by atoms with van der Waals surface area (Å²) in [6.07, 6.45) is 2.54. The van der Waals surface area contributed by atoms with Crippen LogP contribution in [-0.2, 0) is 12.8 Å². The average molecular weight is 394 g/mol. The topological polar surface area (TPSA) is 115 Å². The molecular weight excluding hydrogens is 378 g/mol. The van der Waals surface area contributed by atoms with Crippen LogP contribution in [0.4, 0.5) is 10.7 Å². The van der Waals surface area contributed by atoms with Gasteiger partial charge in [-0.25, -0.2) is 0 Å². The highest BCUT2D eigenvalue weighted by molar-refractivity contribution is 7.17. The van der Waals surface area contributed by atoms with Gasteiger partial charge >= 0.3 is 0 Å². The normalized spacial score (nSPS) is 16.0. The molecule has 136 valence electrons. The molecule has 1 aliphatic rings. The number of anilines is 1. The third-order valence-corrected chi connectivity index (χ3v) is 5.88. The zero-order valence-corrected chi connectivity index (χ0v) is 15.4. The number of halogens is 1. The van der Waals surface area contributed by atoms with Gasteiger partial charge in [-0.15, -0.1) is 11.3 Å². The van der Waals surface area contributed by atoms with E-state index in [2.05, 4.69) is 12.2 Å². The molecule has 1 heterocycles. The molecule has 0 fully saturated rings. The largest absolute Gasteiger partial charge is 0.365 e. The number of primary amides is 1. The fourth-order valence-corrected chi connectivity index (χ4v) is 4.67. The first-order valence-electron chi connectivity index (χ1n) is 7.97. The number of carbonyl (C=O) groups is 2. The Morgan fingerprint density at radius 1 is 1.42 bits per heavy atom. The predicted molar refractivity (Wildman–Crippen MR) is 100 cm³/mol. The Hall–Kier alpha value is -2.45. The monoisotopic (exact) mass is 393 g/mol. The fraction of sp³-hybridized carbons (Fsp3) is 0.294. The summed E-state index contributed by atoms with van der Waals surface area (Å²) in [4.78, 5) is 35.8. The average Bonchev–Trinajstić information content (AvgIpc) is 2.91. The van der Waals surface area contributed by atoms with Crippen LogP contribution >= 0.6 is 22.9 Å². The van der Waals surface area contributed by atoms with E-state index in [0.29, 0.717) is 16.5 Å². The standard InChI is InChI=1S/C17H16ClN3O4S/c1-8-2-4-10-13(6-8)26-17(14(10)15(19)22)20-16(23)9-3-5-11(18)12(7-9)21(24)25/h3,5,7-8H,2,4,6H2,1H3,(H2,19,22)(H,20,23)/t8-/m0/s1. The minimum atomic E-state index is -0.654. The Kier molecular flexibility index (Phi) is 4.97. The van der Waals surface area contributed by atoms with Crippen LogP contribution in [0, 0.1) is 16.0 Å². The van der Waals surface area contributed by atoms with Gasteiger partial charge in [0.25, 0.3) is 17.5 Å². The molecule has 1 atom stereocenters. The van der Waals surface area contributed by atoms with Crippen molar-refractivity contribution in [1.29, 1.82) is 0 Å². The zero-order chi connectivity index (χ0) is 19.0. The van der Waals surface area contributed by atoms with Gasteiger partial charge < -0.3 is 11.1 Å². The first-order chi connectivity index (χ1) is 12.3. The Balaban J connectivity index is 1.94.